The highest BCUT2D eigenvalue weighted by atomic mass is 16.3. The fraction of sp³-hybridized carbons (Fsp3) is 0.909. The van der Waals surface area contributed by atoms with Crippen molar-refractivity contribution in [1.82, 2.24) is 4.90 Å². The fourth-order valence-electron chi connectivity index (χ4n) is 1.41. The maximum Gasteiger partial charge on any atom is 0.0664 e. The number of aliphatic hydroxyl groups is 1. The normalized spacial score (nSPS) is 13.2. The molecule has 0 spiro atoms. The van der Waals surface area contributed by atoms with Gasteiger partial charge in [-0.05, 0) is 12.3 Å². The molecule has 0 fully saturated rings. The molecular formula is C11H22N2O. The minimum atomic E-state index is -0.257. The van der Waals surface area contributed by atoms with Gasteiger partial charge in [-0.1, -0.05) is 20.8 Å². The van der Waals surface area contributed by atoms with E-state index in [1.54, 1.807) is 0 Å². The summed E-state index contributed by atoms with van der Waals surface area (Å²) in [4.78, 5) is 2.17. The van der Waals surface area contributed by atoms with E-state index < -0.39 is 0 Å². The van der Waals surface area contributed by atoms with Gasteiger partial charge in [0.1, 0.15) is 0 Å². The van der Waals surface area contributed by atoms with Crippen LogP contribution in [0.15, 0.2) is 0 Å². The molecule has 0 aliphatic carbocycles. The molecule has 1 N–H and O–H groups in total. The first-order chi connectivity index (χ1) is 6.60. The molecule has 0 aromatic heterocycles. The molecule has 3 heteroatoms. The summed E-state index contributed by atoms with van der Waals surface area (Å²) in [7, 11) is 0. The van der Waals surface area contributed by atoms with Crippen LogP contribution in [0.25, 0.3) is 0 Å². The zero-order chi connectivity index (χ0) is 11.0. The van der Waals surface area contributed by atoms with Gasteiger partial charge in [0, 0.05) is 26.1 Å². The van der Waals surface area contributed by atoms with Crippen LogP contribution in [0.1, 0.15) is 33.6 Å². The van der Waals surface area contributed by atoms with Gasteiger partial charge in [0.25, 0.3) is 0 Å². The summed E-state index contributed by atoms with van der Waals surface area (Å²) in [5.74, 6) is 0.581. The Bertz CT molecular complexity index is 175. The van der Waals surface area contributed by atoms with Crippen LogP contribution in [-0.4, -0.2) is 35.7 Å². The minimum absolute atomic E-state index is 0.257. The van der Waals surface area contributed by atoms with E-state index >= 15 is 0 Å². The van der Waals surface area contributed by atoms with Crippen molar-refractivity contribution in [2.45, 2.75) is 39.7 Å². The molecule has 0 amide bonds. The van der Waals surface area contributed by atoms with Crippen LogP contribution < -0.4 is 0 Å². The molecule has 0 bridgehead atoms. The monoisotopic (exact) mass is 198 g/mol. The topological polar surface area (TPSA) is 47.3 Å². The van der Waals surface area contributed by atoms with Crippen molar-refractivity contribution in [2.24, 2.45) is 5.92 Å². The van der Waals surface area contributed by atoms with E-state index in [9.17, 15) is 5.11 Å². The number of hydrogen-bond donors (Lipinski definition) is 1. The lowest BCUT2D eigenvalue weighted by Crippen LogP contribution is -2.35. The molecule has 0 aromatic rings. The second-order valence-electron chi connectivity index (χ2n) is 4.12. The Hall–Kier alpha value is -0.590. The van der Waals surface area contributed by atoms with Crippen LogP contribution in [0.4, 0.5) is 0 Å². The van der Waals surface area contributed by atoms with Crippen LogP contribution >= 0.6 is 0 Å². The Kier molecular flexibility index (Phi) is 7.45. The van der Waals surface area contributed by atoms with Crippen LogP contribution in [0.3, 0.4) is 0 Å². The standard InChI is InChI=1S/C11H22N2O/c1-4-11(14)9-13(7-5-6-12)8-10(2)3/h10-11,14H,4-5,7-9H2,1-3H3. The maximum absolute atomic E-state index is 9.52. The van der Waals surface area contributed by atoms with Crippen LogP contribution in [0, 0.1) is 17.2 Å². The summed E-state index contributed by atoms with van der Waals surface area (Å²) in [6.45, 7) is 8.69. The van der Waals surface area contributed by atoms with Crippen LogP contribution in [-0.2, 0) is 0 Å². The summed E-state index contributed by atoms with van der Waals surface area (Å²) < 4.78 is 0. The molecule has 1 unspecified atom stereocenters. The molecule has 0 saturated heterocycles. The van der Waals surface area contributed by atoms with Gasteiger partial charge < -0.3 is 5.11 Å². The molecule has 0 aliphatic rings. The van der Waals surface area contributed by atoms with Gasteiger partial charge in [0.15, 0.2) is 0 Å². The molecule has 0 aliphatic heterocycles. The number of aliphatic hydroxyl groups excluding tert-OH is 1. The maximum atomic E-state index is 9.52. The highest BCUT2D eigenvalue weighted by Crippen LogP contribution is 2.02. The predicted octanol–water partition coefficient (Wildman–Crippen LogP) is 1.63. The average molecular weight is 198 g/mol. The Morgan fingerprint density at radius 3 is 2.43 bits per heavy atom. The van der Waals surface area contributed by atoms with E-state index in [0.29, 0.717) is 18.9 Å². The van der Waals surface area contributed by atoms with Crippen molar-refractivity contribution in [2.75, 3.05) is 19.6 Å². The van der Waals surface area contributed by atoms with Crippen molar-refractivity contribution in [3.05, 3.63) is 0 Å². The zero-order valence-corrected chi connectivity index (χ0v) is 9.53. The summed E-state index contributed by atoms with van der Waals surface area (Å²) in [6, 6.07) is 2.14. The Labute approximate surface area is 87.3 Å². The van der Waals surface area contributed by atoms with E-state index in [1.165, 1.54) is 0 Å². The highest BCUT2D eigenvalue weighted by molar-refractivity contribution is 4.74. The minimum Gasteiger partial charge on any atom is -0.392 e. The predicted molar refractivity (Wildman–Crippen MR) is 57.8 cm³/mol. The van der Waals surface area contributed by atoms with Gasteiger partial charge in [0.2, 0.25) is 0 Å². The first-order valence-corrected chi connectivity index (χ1v) is 5.37. The second kappa shape index (κ2) is 7.78. The lowest BCUT2D eigenvalue weighted by Gasteiger charge is -2.25. The van der Waals surface area contributed by atoms with Gasteiger partial charge in [-0.15, -0.1) is 0 Å². The van der Waals surface area contributed by atoms with E-state index in [4.69, 9.17) is 5.26 Å². The Morgan fingerprint density at radius 1 is 1.36 bits per heavy atom. The Balaban J connectivity index is 3.91. The third kappa shape index (κ3) is 6.88. The lowest BCUT2D eigenvalue weighted by atomic mass is 10.1. The number of hydrogen-bond acceptors (Lipinski definition) is 3. The van der Waals surface area contributed by atoms with Crippen molar-refractivity contribution in [1.29, 1.82) is 5.26 Å². The van der Waals surface area contributed by atoms with Crippen LogP contribution in [0.2, 0.25) is 0 Å². The number of nitrogens with zero attached hydrogens (tertiary/aromatic N) is 2. The molecule has 3 nitrogen and oxygen atoms in total. The molecule has 0 radical (unpaired) electrons. The van der Waals surface area contributed by atoms with Crippen molar-refractivity contribution in [3.8, 4) is 6.07 Å². The third-order valence-corrected chi connectivity index (χ3v) is 2.10. The largest absolute Gasteiger partial charge is 0.392 e. The van der Waals surface area contributed by atoms with Gasteiger partial charge in [-0.2, -0.15) is 5.26 Å². The molecular weight excluding hydrogens is 176 g/mol. The third-order valence-electron chi connectivity index (χ3n) is 2.10. The first kappa shape index (κ1) is 13.4. The highest BCUT2D eigenvalue weighted by Gasteiger charge is 2.11. The van der Waals surface area contributed by atoms with Crippen molar-refractivity contribution < 1.29 is 5.11 Å². The summed E-state index contributed by atoms with van der Waals surface area (Å²) in [6.07, 6.45) is 1.07. The zero-order valence-electron chi connectivity index (χ0n) is 9.53. The molecule has 0 heterocycles. The molecule has 0 rings (SSSR count). The molecule has 14 heavy (non-hydrogen) atoms. The summed E-state index contributed by atoms with van der Waals surface area (Å²) in [5, 5.41) is 18.0. The van der Waals surface area contributed by atoms with E-state index in [-0.39, 0.29) is 6.10 Å². The average Bonchev–Trinajstić information content (AvgIpc) is 2.13. The van der Waals surface area contributed by atoms with E-state index in [2.05, 4.69) is 24.8 Å². The quantitative estimate of drug-likeness (QED) is 0.676. The van der Waals surface area contributed by atoms with Gasteiger partial charge in [0.05, 0.1) is 12.2 Å². The lowest BCUT2D eigenvalue weighted by molar-refractivity contribution is 0.104. The van der Waals surface area contributed by atoms with E-state index in [0.717, 1.165) is 19.5 Å². The van der Waals surface area contributed by atoms with E-state index in [1.807, 2.05) is 6.92 Å². The molecule has 1 atom stereocenters. The fourth-order valence-corrected chi connectivity index (χ4v) is 1.41. The molecule has 82 valence electrons. The van der Waals surface area contributed by atoms with Crippen molar-refractivity contribution in [3.63, 3.8) is 0 Å². The molecule has 0 saturated carbocycles. The van der Waals surface area contributed by atoms with Gasteiger partial charge in [-0.3, -0.25) is 4.90 Å². The summed E-state index contributed by atoms with van der Waals surface area (Å²) >= 11 is 0. The molecule has 0 aromatic carbocycles. The van der Waals surface area contributed by atoms with Gasteiger partial charge in [-0.25, -0.2) is 0 Å². The van der Waals surface area contributed by atoms with Crippen molar-refractivity contribution >= 4 is 0 Å². The summed E-state index contributed by atoms with van der Waals surface area (Å²) in [5.41, 5.74) is 0. The first-order valence-electron chi connectivity index (χ1n) is 5.37. The number of nitriles is 1. The number of rotatable bonds is 7. The van der Waals surface area contributed by atoms with Gasteiger partial charge >= 0.3 is 0 Å². The smallest absolute Gasteiger partial charge is 0.0664 e. The van der Waals surface area contributed by atoms with Crippen LogP contribution in [0.5, 0.6) is 0 Å². The SMILES string of the molecule is CCC(O)CN(CCC#N)CC(C)C. The Morgan fingerprint density at radius 2 is 2.00 bits per heavy atom. The second-order valence-corrected chi connectivity index (χ2v) is 4.12.